The Labute approximate surface area is 154 Å². The molecule has 1 saturated heterocycles. The zero-order valence-corrected chi connectivity index (χ0v) is 15.7. The van der Waals surface area contributed by atoms with Crippen LogP contribution in [0, 0.1) is 0 Å². The normalized spacial score (nSPS) is 16.8. The minimum absolute atomic E-state index is 0.0519. The number of benzene rings is 1. The van der Waals surface area contributed by atoms with Crippen LogP contribution in [0.15, 0.2) is 29.2 Å². The molecule has 1 fully saturated rings. The Morgan fingerprint density at radius 1 is 1.16 bits per heavy atom. The second-order valence-electron chi connectivity index (χ2n) is 6.40. The first-order chi connectivity index (χ1) is 11.9. The molecule has 0 aliphatic carbocycles. The van der Waals surface area contributed by atoms with Crippen LogP contribution in [0.4, 0.5) is 0 Å². The van der Waals surface area contributed by atoms with Gasteiger partial charge in [-0.3, -0.25) is 4.79 Å². The quantitative estimate of drug-likeness (QED) is 0.635. The third kappa shape index (κ3) is 6.93. The molecule has 0 unspecified atom stereocenters. The number of sulfonamides is 1. The predicted molar refractivity (Wildman–Crippen MR) is 97.3 cm³/mol. The number of nitrogens with one attached hydrogen (secondary N) is 1. The van der Waals surface area contributed by atoms with E-state index in [4.69, 9.17) is 16.7 Å². The number of halogens is 1. The number of unbranched alkanes of at least 4 members (excludes halogenated alkanes) is 2. The Bertz CT molecular complexity index is 656. The number of carbonyl (C=O) groups is 1. The second-order valence-corrected chi connectivity index (χ2v) is 8.55. The van der Waals surface area contributed by atoms with E-state index in [0.717, 1.165) is 45.3 Å². The molecular formula is C17H25ClN2O4S. The van der Waals surface area contributed by atoms with Crippen molar-refractivity contribution >= 4 is 27.6 Å². The summed E-state index contributed by atoms with van der Waals surface area (Å²) in [5.41, 5.74) is 0. The average molecular weight is 389 g/mol. The fourth-order valence-corrected chi connectivity index (χ4v) is 4.40. The Morgan fingerprint density at radius 3 is 2.40 bits per heavy atom. The Kier molecular flexibility index (Phi) is 7.68. The van der Waals surface area contributed by atoms with Gasteiger partial charge in [-0.05, 0) is 69.6 Å². The maximum absolute atomic E-state index is 12.4. The number of nitrogens with zero attached hydrogens (tertiary/aromatic N) is 1. The van der Waals surface area contributed by atoms with E-state index in [1.165, 1.54) is 12.1 Å². The highest BCUT2D eigenvalue weighted by molar-refractivity contribution is 7.89. The van der Waals surface area contributed by atoms with E-state index in [1.807, 2.05) is 0 Å². The summed E-state index contributed by atoms with van der Waals surface area (Å²) in [5, 5.41) is 9.12. The van der Waals surface area contributed by atoms with Crippen molar-refractivity contribution in [1.29, 1.82) is 0 Å². The van der Waals surface area contributed by atoms with Crippen LogP contribution in [-0.4, -0.2) is 50.1 Å². The maximum Gasteiger partial charge on any atom is 0.303 e. The monoisotopic (exact) mass is 388 g/mol. The molecule has 0 atom stereocenters. The van der Waals surface area contributed by atoms with Gasteiger partial charge in [0.05, 0.1) is 4.90 Å². The first kappa shape index (κ1) is 20.2. The molecule has 25 heavy (non-hydrogen) atoms. The number of carboxylic acids is 1. The standard InChI is InChI=1S/C17H25ClN2O4S/c18-14-5-7-16(8-6-14)25(23,24)19-15-9-12-20(13-10-15)11-3-1-2-4-17(21)22/h5-8,15,19H,1-4,9-13H2,(H,21,22). The molecule has 2 rings (SSSR count). The van der Waals surface area contributed by atoms with Gasteiger partial charge >= 0.3 is 5.97 Å². The molecule has 1 heterocycles. The van der Waals surface area contributed by atoms with Crippen LogP contribution < -0.4 is 4.72 Å². The molecule has 0 bridgehead atoms. The Balaban J connectivity index is 1.71. The summed E-state index contributed by atoms with van der Waals surface area (Å²) in [5.74, 6) is -0.742. The van der Waals surface area contributed by atoms with Crippen LogP contribution in [0.1, 0.15) is 38.5 Å². The van der Waals surface area contributed by atoms with E-state index in [2.05, 4.69) is 9.62 Å². The van der Waals surface area contributed by atoms with E-state index >= 15 is 0 Å². The van der Waals surface area contributed by atoms with Gasteiger partial charge in [-0.25, -0.2) is 13.1 Å². The second kappa shape index (κ2) is 9.52. The van der Waals surface area contributed by atoms with Gasteiger partial charge in [0, 0.05) is 17.5 Å². The van der Waals surface area contributed by atoms with Crippen molar-refractivity contribution in [1.82, 2.24) is 9.62 Å². The number of hydrogen-bond acceptors (Lipinski definition) is 4. The van der Waals surface area contributed by atoms with Crippen LogP contribution >= 0.6 is 11.6 Å². The van der Waals surface area contributed by atoms with Gasteiger partial charge in [0.1, 0.15) is 0 Å². The highest BCUT2D eigenvalue weighted by atomic mass is 35.5. The van der Waals surface area contributed by atoms with Gasteiger partial charge in [0.25, 0.3) is 0 Å². The smallest absolute Gasteiger partial charge is 0.303 e. The zero-order valence-electron chi connectivity index (χ0n) is 14.2. The molecule has 1 aliphatic heterocycles. The van der Waals surface area contributed by atoms with Crippen LogP contribution in [0.2, 0.25) is 5.02 Å². The summed E-state index contributed by atoms with van der Waals surface area (Å²) in [6.07, 6.45) is 4.40. The van der Waals surface area contributed by atoms with E-state index in [1.54, 1.807) is 12.1 Å². The van der Waals surface area contributed by atoms with Crippen molar-refractivity contribution in [3.8, 4) is 0 Å². The highest BCUT2D eigenvalue weighted by Crippen LogP contribution is 2.17. The molecule has 0 amide bonds. The number of hydrogen-bond donors (Lipinski definition) is 2. The van der Waals surface area contributed by atoms with Crippen molar-refractivity contribution in [2.24, 2.45) is 0 Å². The molecular weight excluding hydrogens is 364 g/mol. The van der Waals surface area contributed by atoms with Gasteiger partial charge in [0.2, 0.25) is 10.0 Å². The molecule has 1 aliphatic rings. The van der Waals surface area contributed by atoms with Gasteiger partial charge < -0.3 is 10.0 Å². The average Bonchev–Trinajstić information content (AvgIpc) is 2.56. The van der Waals surface area contributed by atoms with Crippen molar-refractivity contribution in [3.05, 3.63) is 29.3 Å². The summed E-state index contributed by atoms with van der Waals surface area (Å²) in [7, 11) is -3.51. The number of rotatable bonds is 9. The van der Waals surface area contributed by atoms with Gasteiger partial charge in [-0.15, -0.1) is 0 Å². The van der Waals surface area contributed by atoms with Gasteiger partial charge in [-0.2, -0.15) is 0 Å². The number of piperidine rings is 1. The Morgan fingerprint density at radius 2 is 1.80 bits per heavy atom. The molecule has 6 nitrogen and oxygen atoms in total. The van der Waals surface area contributed by atoms with Crippen LogP contribution in [0.3, 0.4) is 0 Å². The van der Waals surface area contributed by atoms with Gasteiger partial charge in [0.15, 0.2) is 0 Å². The lowest BCUT2D eigenvalue weighted by Gasteiger charge is -2.32. The van der Waals surface area contributed by atoms with E-state index < -0.39 is 16.0 Å². The van der Waals surface area contributed by atoms with Crippen molar-refractivity contribution < 1.29 is 18.3 Å². The third-order valence-electron chi connectivity index (χ3n) is 4.40. The molecule has 140 valence electrons. The summed E-state index contributed by atoms with van der Waals surface area (Å²) >= 11 is 5.80. The molecule has 1 aromatic rings. The highest BCUT2D eigenvalue weighted by Gasteiger charge is 2.24. The molecule has 0 aromatic heterocycles. The minimum Gasteiger partial charge on any atom is -0.481 e. The lowest BCUT2D eigenvalue weighted by atomic mass is 10.1. The van der Waals surface area contributed by atoms with Crippen LogP contribution in [0.5, 0.6) is 0 Å². The summed E-state index contributed by atoms with van der Waals surface area (Å²) in [6.45, 7) is 2.65. The molecule has 0 saturated carbocycles. The van der Waals surface area contributed by atoms with E-state index in [0.29, 0.717) is 11.4 Å². The third-order valence-corrected chi connectivity index (χ3v) is 6.19. The van der Waals surface area contributed by atoms with Crippen LogP contribution in [-0.2, 0) is 14.8 Å². The van der Waals surface area contributed by atoms with Crippen molar-refractivity contribution in [2.45, 2.75) is 49.5 Å². The fourth-order valence-electron chi connectivity index (χ4n) is 2.96. The molecule has 2 N–H and O–H groups in total. The maximum atomic E-state index is 12.4. The number of likely N-dealkylation sites (tertiary alicyclic amines) is 1. The fraction of sp³-hybridized carbons (Fsp3) is 0.588. The first-order valence-corrected chi connectivity index (χ1v) is 10.4. The molecule has 0 radical (unpaired) electrons. The van der Waals surface area contributed by atoms with Crippen molar-refractivity contribution in [3.63, 3.8) is 0 Å². The summed E-state index contributed by atoms with van der Waals surface area (Å²) in [4.78, 5) is 13.0. The SMILES string of the molecule is O=C(O)CCCCCN1CCC(NS(=O)(=O)c2ccc(Cl)cc2)CC1. The van der Waals surface area contributed by atoms with Crippen molar-refractivity contribution in [2.75, 3.05) is 19.6 Å². The van der Waals surface area contributed by atoms with Gasteiger partial charge in [-0.1, -0.05) is 18.0 Å². The zero-order chi connectivity index (χ0) is 18.3. The molecule has 1 aromatic carbocycles. The largest absolute Gasteiger partial charge is 0.481 e. The van der Waals surface area contributed by atoms with Crippen LogP contribution in [0.25, 0.3) is 0 Å². The summed E-state index contributed by atoms with van der Waals surface area (Å²) in [6, 6.07) is 6.11. The lowest BCUT2D eigenvalue weighted by Crippen LogP contribution is -2.44. The number of carboxylic acid groups (broad SMARTS) is 1. The Hall–Kier alpha value is -1.15. The molecule has 0 spiro atoms. The van der Waals surface area contributed by atoms with E-state index in [9.17, 15) is 13.2 Å². The summed E-state index contributed by atoms with van der Waals surface area (Å²) < 4.78 is 27.5. The predicted octanol–water partition coefficient (Wildman–Crippen LogP) is 2.73. The topological polar surface area (TPSA) is 86.7 Å². The first-order valence-electron chi connectivity index (χ1n) is 8.59. The minimum atomic E-state index is -3.51. The van der Waals surface area contributed by atoms with E-state index in [-0.39, 0.29) is 17.4 Å². The number of aliphatic carboxylic acids is 1. The molecule has 8 heteroatoms. The lowest BCUT2D eigenvalue weighted by molar-refractivity contribution is -0.137.